The molecule has 0 aromatic heterocycles. The predicted molar refractivity (Wildman–Crippen MR) is 64.0 cm³/mol. The van der Waals surface area contributed by atoms with Crippen LogP contribution in [-0.2, 0) is 0 Å². The molecule has 14 heavy (non-hydrogen) atoms. The maximum absolute atomic E-state index is 2.37. The zero-order chi connectivity index (χ0) is 11.0. The molecule has 86 valence electrons. The first kappa shape index (κ1) is 13.9. The van der Waals surface area contributed by atoms with Gasteiger partial charge in [-0.1, -0.05) is 19.8 Å². The van der Waals surface area contributed by atoms with E-state index in [2.05, 4.69) is 39.9 Å². The molecule has 0 aliphatic rings. The standard InChI is InChI=1S/C12H29N2/c1-6-9-10-11-12-14(7-2,8-3)13(4)5/h6-12H2,1-5H3/q+1. The van der Waals surface area contributed by atoms with Crippen molar-refractivity contribution < 1.29 is 4.59 Å². The summed E-state index contributed by atoms with van der Waals surface area (Å²) in [6.45, 7) is 10.6. The summed E-state index contributed by atoms with van der Waals surface area (Å²) >= 11 is 0. The van der Waals surface area contributed by atoms with Crippen molar-refractivity contribution in [2.45, 2.75) is 46.5 Å². The molecule has 0 aromatic rings. The summed E-state index contributed by atoms with van der Waals surface area (Å²) in [4.78, 5) is 0. The Morgan fingerprint density at radius 2 is 1.43 bits per heavy atom. The van der Waals surface area contributed by atoms with Crippen molar-refractivity contribution in [3.05, 3.63) is 0 Å². The summed E-state index contributed by atoms with van der Waals surface area (Å²) in [5.74, 6) is 0. The molecule has 0 unspecified atom stereocenters. The lowest BCUT2D eigenvalue weighted by atomic mass is 10.2. The van der Waals surface area contributed by atoms with Gasteiger partial charge in [0, 0.05) is 14.1 Å². The van der Waals surface area contributed by atoms with E-state index in [0.717, 1.165) is 4.59 Å². The topological polar surface area (TPSA) is 3.24 Å². The SMILES string of the molecule is CCCCCC[N+](CC)(CC)N(C)C. The van der Waals surface area contributed by atoms with Crippen molar-refractivity contribution in [3.8, 4) is 0 Å². The van der Waals surface area contributed by atoms with Crippen LogP contribution in [0.15, 0.2) is 0 Å². The molecule has 0 spiro atoms. The first-order valence-electron chi connectivity index (χ1n) is 6.16. The van der Waals surface area contributed by atoms with Crippen LogP contribution < -0.4 is 0 Å². The van der Waals surface area contributed by atoms with Gasteiger partial charge in [-0.3, -0.25) is 0 Å². The molecule has 0 N–H and O–H groups in total. The Hall–Kier alpha value is -0.0800. The molecule has 0 bridgehead atoms. The van der Waals surface area contributed by atoms with Gasteiger partial charge in [0.05, 0.1) is 19.6 Å². The van der Waals surface area contributed by atoms with Crippen molar-refractivity contribution in [3.63, 3.8) is 0 Å². The highest BCUT2D eigenvalue weighted by Gasteiger charge is 2.25. The van der Waals surface area contributed by atoms with Gasteiger partial charge in [0.2, 0.25) is 0 Å². The first-order chi connectivity index (χ1) is 6.63. The van der Waals surface area contributed by atoms with Crippen LogP contribution in [0.3, 0.4) is 0 Å². The average Bonchev–Trinajstić information content (AvgIpc) is 2.18. The molecule has 0 amide bonds. The minimum absolute atomic E-state index is 1.14. The van der Waals surface area contributed by atoms with E-state index in [0.29, 0.717) is 0 Å². The van der Waals surface area contributed by atoms with Crippen molar-refractivity contribution >= 4 is 0 Å². The summed E-state index contributed by atoms with van der Waals surface area (Å²) in [6, 6.07) is 0. The van der Waals surface area contributed by atoms with Crippen molar-refractivity contribution in [1.82, 2.24) is 5.01 Å². The highest BCUT2D eigenvalue weighted by Crippen LogP contribution is 2.12. The van der Waals surface area contributed by atoms with E-state index >= 15 is 0 Å². The lowest BCUT2D eigenvalue weighted by Gasteiger charge is -2.41. The molecule has 0 rings (SSSR count). The lowest BCUT2D eigenvalue weighted by Crippen LogP contribution is -2.57. The number of quaternary nitrogens is 1. The van der Waals surface area contributed by atoms with Crippen LogP contribution in [0.5, 0.6) is 0 Å². The molecule has 0 aliphatic heterocycles. The zero-order valence-electron chi connectivity index (χ0n) is 10.8. The molecule has 0 fully saturated rings. The molecule has 0 saturated heterocycles. The van der Waals surface area contributed by atoms with E-state index in [-0.39, 0.29) is 0 Å². The Morgan fingerprint density at radius 3 is 1.79 bits per heavy atom. The monoisotopic (exact) mass is 201 g/mol. The Balaban J connectivity index is 3.95. The summed E-state index contributed by atoms with van der Waals surface area (Å²) in [6.07, 6.45) is 5.49. The Kier molecular flexibility index (Phi) is 7.20. The maximum atomic E-state index is 2.37. The number of hydrogen-bond acceptors (Lipinski definition) is 1. The normalized spacial score (nSPS) is 12.4. The van der Waals surface area contributed by atoms with Gasteiger partial charge in [0.15, 0.2) is 0 Å². The molecular formula is C12H29N2+. The summed E-state index contributed by atoms with van der Waals surface area (Å²) < 4.78 is 1.14. The van der Waals surface area contributed by atoms with E-state index < -0.39 is 0 Å². The Bertz CT molecular complexity index is 128. The summed E-state index contributed by atoms with van der Waals surface area (Å²) in [7, 11) is 4.40. The fourth-order valence-corrected chi connectivity index (χ4v) is 2.14. The molecular weight excluding hydrogens is 172 g/mol. The molecule has 0 saturated carbocycles. The third kappa shape index (κ3) is 3.97. The average molecular weight is 201 g/mol. The minimum atomic E-state index is 1.14. The van der Waals surface area contributed by atoms with E-state index in [1.807, 2.05) is 0 Å². The third-order valence-corrected chi connectivity index (χ3v) is 3.45. The summed E-state index contributed by atoms with van der Waals surface area (Å²) in [5, 5.41) is 2.37. The van der Waals surface area contributed by atoms with Gasteiger partial charge in [-0.25, -0.2) is 4.59 Å². The number of rotatable bonds is 8. The largest absolute Gasteiger partial charge is 0.244 e. The summed E-state index contributed by atoms with van der Waals surface area (Å²) in [5.41, 5.74) is 0. The minimum Gasteiger partial charge on any atom is -0.244 e. The fourth-order valence-electron chi connectivity index (χ4n) is 2.14. The van der Waals surface area contributed by atoms with E-state index in [1.165, 1.54) is 45.3 Å². The van der Waals surface area contributed by atoms with E-state index in [4.69, 9.17) is 0 Å². The van der Waals surface area contributed by atoms with Gasteiger partial charge in [-0.15, -0.1) is 0 Å². The number of unbranched alkanes of at least 4 members (excludes halogenated alkanes) is 3. The number of nitrogens with zero attached hydrogens (tertiary/aromatic N) is 2. The van der Waals surface area contributed by atoms with Crippen LogP contribution in [0.4, 0.5) is 0 Å². The highest BCUT2D eigenvalue weighted by molar-refractivity contribution is 4.42. The smallest absolute Gasteiger partial charge is 0.0963 e. The maximum Gasteiger partial charge on any atom is 0.0963 e. The predicted octanol–water partition coefficient (Wildman–Crippen LogP) is 2.90. The van der Waals surface area contributed by atoms with Crippen molar-refractivity contribution in [2.24, 2.45) is 0 Å². The van der Waals surface area contributed by atoms with Gasteiger partial charge in [-0.2, -0.15) is 5.01 Å². The van der Waals surface area contributed by atoms with E-state index in [9.17, 15) is 0 Å². The second-order valence-corrected chi connectivity index (χ2v) is 4.36. The van der Waals surface area contributed by atoms with Crippen LogP contribution >= 0.6 is 0 Å². The first-order valence-corrected chi connectivity index (χ1v) is 6.16. The van der Waals surface area contributed by atoms with Crippen LogP contribution in [-0.4, -0.2) is 43.3 Å². The molecule has 2 heteroatoms. The van der Waals surface area contributed by atoms with Crippen molar-refractivity contribution in [1.29, 1.82) is 0 Å². The zero-order valence-corrected chi connectivity index (χ0v) is 10.8. The molecule has 2 nitrogen and oxygen atoms in total. The highest BCUT2D eigenvalue weighted by atomic mass is 15.7. The lowest BCUT2D eigenvalue weighted by molar-refractivity contribution is -1.03. The van der Waals surface area contributed by atoms with Gasteiger partial charge >= 0.3 is 0 Å². The van der Waals surface area contributed by atoms with Gasteiger partial charge in [0.1, 0.15) is 0 Å². The second-order valence-electron chi connectivity index (χ2n) is 4.36. The quantitative estimate of drug-likeness (QED) is 0.331. The fraction of sp³-hybridized carbons (Fsp3) is 1.00. The van der Waals surface area contributed by atoms with Crippen LogP contribution in [0.1, 0.15) is 46.5 Å². The van der Waals surface area contributed by atoms with Crippen LogP contribution in [0.25, 0.3) is 0 Å². The van der Waals surface area contributed by atoms with Crippen molar-refractivity contribution in [2.75, 3.05) is 33.7 Å². The molecule has 0 aliphatic carbocycles. The Morgan fingerprint density at radius 1 is 0.857 bits per heavy atom. The van der Waals surface area contributed by atoms with Gasteiger partial charge in [-0.05, 0) is 26.7 Å². The molecule has 0 heterocycles. The molecule has 0 aromatic carbocycles. The third-order valence-electron chi connectivity index (χ3n) is 3.45. The molecule has 0 radical (unpaired) electrons. The van der Waals surface area contributed by atoms with Gasteiger partial charge in [0.25, 0.3) is 0 Å². The second kappa shape index (κ2) is 7.24. The number of hydrogen-bond donors (Lipinski definition) is 0. The van der Waals surface area contributed by atoms with Crippen LogP contribution in [0.2, 0.25) is 0 Å². The van der Waals surface area contributed by atoms with Gasteiger partial charge < -0.3 is 0 Å². The van der Waals surface area contributed by atoms with Crippen LogP contribution in [0, 0.1) is 0 Å². The Labute approximate surface area is 90.5 Å². The van der Waals surface area contributed by atoms with E-state index in [1.54, 1.807) is 0 Å². The molecule has 0 atom stereocenters.